The average Bonchev–Trinajstić information content (AvgIpc) is 2.77. The summed E-state index contributed by atoms with van der Waals surface area (Å²) in [6, 6.07) is 11.4. The van der Waals surface area contributed by atoms with Crippen LogP contribution in [0.3, 0.4) is 0 Å². The molecule has 0 unspecified atom stereocenters. The second kappa shape index (κ2) is 9.14. The largest absolute Gasteiger partial charge is 0.206 e. The molecule has 0 saturated heterocycles. The van der Waals surface area contributed by atoms with Gasteiger partial charge in [-0.05, 0) is 72.7 Å². The SMILES string of the molecule is CCCc1ccc(C#CC2CCC(c3ccc4c(F)c(F)c(F)cc4c3)CC2)c(F)c1. The zero-order valence-corrected chi connectivity index (χ0v) is 17.5. The van der Waals surface area contributed by atoms with Crippen molar-refractivity contribution in [3.8, 4) is 11.8 Å². The van der Waals surface area contributed by atoms with E-state index in [9.17, 15) is 17.6 Å². The number of halogens is 4. The van der Waals surface area contributed by atoms with Gasteiger partial charge >= 0.3 is 0 Å². The van der Waals surface area contributed by atoms with E-state index in [1.165, 1.54) is 6.07 Å². The van der Waals surface area contributed by atoms with Crippen molar-refractivity contribution < 1.29 is 17.6 Å². The highest BCUT2D eigenvalue weighted by Crippen LogP contribution is 2.37. The molecule has 1 aliphatic rings. The lowest BCUT2D eigenvalue weighted by atomic mass is 9.78. The number of hydrogen-bond acceptors (Lipinski definition) is 0. The van der Waals surface area contributed by atoms with Crippen LogP contribution >= 0.6 is 0 Å². The Hall–Kier alpha value is -2.80. The highest BCUT2D eigenvalue weighted by molar-refractivity contribution is 5.84. The molecular weight excluding hydrogens is 400 g/mol. The van der Waals surface area contributed by atoms with Crippen LogP contribution < -0.4 is 0 Å². The Bertz CT molecular complexity index is 1160. The first kappa shape index (κ1) is 21.4. The number of benzene rings is 3. The summed E-state index contributed by atoms with van der Waals surface area (Å²) in [5, 5.41) is 0.465. The minimum absolute atomic E-state index is 0.0918. The molecule has 1 aliphatic carbocycles. The molecule has 3 aromatic rings. The normalized spacial score (nSPS) is 18.6. The monoisotopic (exact) mass is 424 g/mol. The molecule has 3 aromatic carbocycles. The fourth-order valence-electron chi connectivity index (χ4n) is 4.43. The Labute approximate surface area is 180 Å². The van der Waals surface area contributed by atoms with Crippen LogP contribution in [0.5, 0.6) is 0 Å². The van der Waals surface area contributed by atoms with Crippen LogP contribution in [-0.4, -0.2) is 0 Å². The molecule has 0 spiro atoms. The molecule has 31 heavy (non-hydrogen) atoms. The van der Waals surface area contributed by atoms with Crippen LogP contribution in [-0.2, 0) is 6.42 Å². The number of fused-ring (bicyclic) bond motifs is 1. The highest BCUT2D eigenvalue weighted by atomic mass is 19.2. The van der Waals surface area contributed by atoms with Crippen molar-refractivity contribution in [1.29, 1.82) is 0 Å². The van der Waals surface area contributed by atoms with Crippen LogP contribution in [0.4, 0.5) is 17.6 Å². The van der Waals surface area contributed by atoms with Gasteiger partial charge in [-0.2, -0.15) is 0 Å². The van der Waals surface area contributed by atoms with Crippen LogP contribution in [0, 0.1) is 41.0 Å². The van der Waals surface area contributed by atoms with Gasteiger partial charge < -0.3 is 0 Å². The van der Waals surface area contributed by atoms with Crippen LogP contribution in [0.25, 0.3) is 10.8 Å². The third kappa shape index (κ3) is 4.61. The van der Waals surface area contributed by atoms with E-state index in [2.05, 4.69) is 18.8 Å². The summed E-state index contributed by atoms with van der Waals surface area (Å²) < 4.78 is 55.2. The van der Waals surface area contributed by atoms with Gasteiger partial charge in [0.2, 0.25) is 0 Å². The van der Waals surface area contributed by atoms with E-state index in [1.807, 2.05) is 6.07 Å². The Morgan fingerprint density at radius 3 is 2.32 bits per heavy atom. The van der Waals surface area contributed by atoms with E-state index in [0.29, 0.717) is 10.9 Å². The Balaban J connectivity index is 1.44. The third-order valence-electron chi connectivity index (χ3n) is 6.18. The highest BCUT2D eigenvalue weighted by Gasteiger charge is 2.22. The van der Waals surface area contributed by atoms with Gasteiger partial charge in [0.1, 0.15) is 5.82 Å². The standard InChI is InChI=1S/C27H24F4/c1-2-3-18-7-11-20(24(28)14-18)10-6-17-4-8-19(9-5-17)21-12-13-23-22(15-21)16-25(29)27(31)26(23)30/h7,11-17,19H,2-5,8-9H2,1H3. The second-order valence-electron chi connectivity index (χ2n) is 8.35. The summed E-state index contributed by atoms with van der Waals surface area (Å²) in [5.74, 6) is 2.69. The summed E-state index contributed by atoms with van der Waals surface area (Å²) in [6.07, 6.45) is 5.40. The molecule has 0 radical (unpaired) electrons. The van der Waals surface area contributed by atoms with Crippen molar-refractivity contribution in [3.63, 3.8) is 0 Å². The molecule has 4 heteroatoms. The molecule has 0 bridgehead atoms. The smallest absolute Gasteiger partial charge is 0.195 e. The van der Waals surface area contributed by atoms with Crippen molar-refractivity contribution in [2.24, 2.45) is 5.92 Å². The van der Waals surface area contributed by atoms with Crippen LogP contribution in [0.2, 0.25) is 0 Å². The zero-order chi connectivity index (χ0) is 22.0. The molecule has 160 valence electrons. The number of rotatable bonds is 3. The van der Waals surface area contributed by atoms with Crippen LogP contribution in [0.15, 0.2) is 42.5 Å². The second-order valence-corrected chi connectivity index (χ2v) is 8.35. The maximum Gasteiger partial charge on any atom is 0.195 e. The average molecular weight is 424 g/mol. The lowest BCUT2D eigenvalue weighted by molar-refractivity contribution is 0.385. The molecule has 0 aliphatic heterocycles. The van der Waals surface area contributed by atoms with Crippen molar-refractivity contribution in [2.75, 3.05) is 0 Å². The Kier molecular flexibility index (Phi) is 6.32. The number of aryl methyl sites for hydroxylation is 1. The molecule has 0 N–H and O–H groups in total. The summed E-state index contributed by atoms with van der Waals surface area (Å²) in [6.45, 7) is 2.07. The number of hydrogen-bond donors (Lipinski definition) is 0. The van der Waals surface area contributed by atoms with Gasteiger partial charge in [-0.25, -0.2) is 17.6 Å². The van der Waals surface area contributed by atoms with Crippen molar-refractivity contribution in [2.45, 2.75) is 51.4 Å². The molecule has 0 atom stereocenters. The van der Waals surface area contributed by atoms with E-state index in [0.717, 1.165) is 55.7 Å². The van der Waals surface area contributed by atoms with E-state index in [4.69, 9.17) is 0 Å². The van der Waals surface area contributed by atoms with Crippen LogP contribution in [0.1, 0.15) is 61.6 Å². The maximum atomic E-state index is 14.2. The van der Waals surface area contributed by atoms with Crippen molar-refractivity contribution in [3.05, 3.63) is 82.4 Å². The fourth-order valence-corrected chi connectivity index (χ4v) is 4.43. The first-order chi connectivity index (χ1) is 15.0. The Morgan fingerprint density at radius 1 is 0.839 bits per heavy atom. The van der Waals surface area contributed by atoms with Gasteiger partial charge in [0.15, 0.2) is 17.5 Å². The molecule has 1 fully saturated rings. The van der Waals surface area contributed by atoms with Crippen molar-refractivity contribution in [1.82, 2.24) is 0 Å². The molecule has 0 aromatic heterocycles. The van der Waals surface area contributed by atoms with Gasteiger partial charge in [0.05, 0.1) is 5.56 Å². The first-order valence-electron chi connectivity index (χ1n) is 10.8. The van der Waals surface area contributed by atoms with Gasteiger partial charge in [0.25, 0.3) is 0 Å². The molecule has 1 saturated carbocycles. The third-order valence-corrected chi connectivity index (χ3v) is 6.18. The molecular formula is C27H24F4. The molecule has 4 rings (SSSR count). The van der Waals surface area contributed by atoms with Crippen molar-refractivity contribution >= 4 is 10.8 Å². The summed E-state index contributed by atoms with van der Waals surface area (Å²) in [5.41, 5.74) is 2.43. The molecule has 0 amide bonds. The van der Waals surface area contributed by atoms with Gasteiger partial charge in [-0.3, -0.25) is 0 Å². The van der Waals surface area contributed by atoms with E-state index in [-0.39, 0.29) is 23.0 Å². The first-order valence-corrected chi connectivity index (χ1v) is 10.8. The lowest BCUT2D eigenvalue weighted by Gasteiger charge is -2.26. The predicted octanol–water partition coefficient (Wildman–Crippen LogP) is 7.67. The van der Waals surface area contributed by atoms with E-state index in [1.54, 1.807) is 24.3 Å². The van der Waals surface area contributed by atoms with E-state index >= 15 is 0 Å². The lowest BCUT2D eigenvalue weighted by Crippen LogP contribution is -2.12. The minimum Gasteiger partial charge on any atom is -0.206 e. The topological polar surface area (TPSA) is 0 Å². The molecule has 0 heterocycles. The van der Waals surface area contributed by atoms with E-state index < -0.39 is 17.5 Å². The van der Waals surface area contributed by atoms with Gasteiger partial charge in [-0.15, -0.1) is 0 Å². The maximum absolute atomic E-state index is 14.2. The van der Waals surface area contributed by atoms with Gasteiger partial charge in [-0.1, -0.05) is 49.5 Å². The Morgan fingerprint density at radius 2 is 1.61 bits per heavy atom. The summed E-state index contributed by atoms with van der Waals surface area (Å²) >= 11 is 0. The molecule has 0 nitrogen and oxygen atoms in total. The fraction of sp³-hybridized carbons (Fsp3) is 0.333. The minimum atomic E-state index is -1.43. The zero-order valence-electron chi connectivity index (χ0n) is 17.5. The quantitative estimate of drug-likeness (QED) is 0.230. The summed E-state index contributed by atoms with van der Waals surface area (Å²) in [7, 11) is 0. The van der Waals surface area contributed by atoms with Gasteiger partial charge in [0, 0.05) is 11.3 Å². The summed E-state index contributed by atoms with van der Waals surface area (Å²) in [4.78, 5) is 0. The predicted molar refractivity (Wildman–Crippen MR) is 116 cm³/mol.